The molecule has 3 rings (SSSR count). The summed E-state index contributed by atoms with van der Waals surface area (Å²) in [5.74, 6) is 0.136. The van der Waals surface area contributed by atoms with E-state index in [0.717, 1.165) is 5.56 Å². The molecule has 94 valence electrons. The van der Waals surface area contributed by atoms with E-state index in [4.69, 9.17) is 16.0 Å². The Morgan fingerprint density at radius 1 is 1.32 bits per heavy atom. The van der Waals surface area contributed by atoms with Crippen LogP contribution < -0.4 is 5.63 Å². The molecular weight excluding hydrogens is 282 g/mol. The molecule has 0 aliphatic rings. The minimum atomic E-state index is -0.433. The molecule has 5 heteroatoms. The van der Waals surface area contributed by atoms with Crippen molar-refractivity contribution in [2.24, 2.45) is 0 Å². The summed E-state index contributed by atoms with van der Waals surface area (Å²) in [5.41, 5.74) is 1.09. The average Bonchev–Trinajstić information content (AvgIpc) is 2.91. The van der Waals surface area contributed by atoms with Crippen LogP contribution in [0.1, 0.15) is 11.5 Å². The fourth-order valence-electron chi connectivity index (χ4n) is 1.69. The van der Waals surface area contributed by atoms with Crippen molar-refractivity contribution in [1.82, 2.24) is 4.98 Å². The van der Waals surface area contributed by atoms with Crippen molar-refractivity contribution in [3.05, 3.63) is 63.0 Å². The third-order valence-corrected chi connectivity index (χ3v) is 3.55. The van der Waals surface area contributed by atoms with Crippen LogP contribution in [0, 0.1) is 0 Å². The number of rotatable bonds is 2. The summed E-state index contributed by atoms with van der Waals surface area (Å²) < 4.78 is 5.14. The predicted molar refractivity (Wildman–Crippen MR) is 78.3 cm³/mol. The molecule has 2 aromatic heterocycles. The second-order valence-corrected chi connectivity index (χ2v) is 5.06. The first kappa shape index (κ1) is 12.1. The van der Waals surface area contributed by atoms with Gasteiger partial charge in [0.2, 0.25) is 5.89 Å². The second kappa shape index (κ2) is 4.99. The quantitative estimate of drug-likeness (QED) is 0.716. The van der Waals surface area contributed by atoms with Crippen LogP contribution in [0.5, 0.6) is 0 Å². The highest BCUT2D eigenvalue weighted by molar-refractivity contribution is 7.08. The van der Waals surface area contributed by atoms with Gasteiger partial charge in [0.1, 0.15) is 5.03 Å². The Kier molecular flexibility index (Phi) is 3.19. The second-order valence-electron chi connectivity index (χ2n) is 3.87. The Morgan fingerprint density at radius 3 is 2.95 bits per heavy atom. The van der Waals surface area contributed by atoms with Crippen LogP contribution in [-0.4, -0.2) is 4.98 Å². The normalized spacial score (nSPS) is 11.9. The zero-order valence-electron chi connectivity index (χ0n) is 9.67. The lowest BCUT2D eigenvalue weighted by atomic mass is 10.2. The fraction of sp³-hybridized carbons (Fsp3) is 0. The lowest BCUT2D eigenvalue weighted by molar-refractivity contribution is 0.489. The molecule has 1 aromatic carbocycles. The maximum atomic E-state index is 11.8. The maximum absolute atomic E-state index is 11.8. The Labute approximate surface area is 117 Å². The van der Waals surface area contributed by atoms with Gasteiger partial charge in [0.05, 0.1) is 10.9 Å². The molecule has 0 saturated heterocycles. The van der Waals surface area contributed by atoms with Gasteiger partial charge in [-0.15, -0.1) is 0 Å². The summed E-state index contributed by atoms with van der Waals surface area (Å²) in [6.45, 7) is 0. The van der Waals surface area contributed by atoms with Gasteiger partial charge in [-0.1, -0.05) is 23.7 Å². The van der Waals surface area contributed by atoms with E-state index in [2.05, 4.69) is 4.98 Å². The van der Waals surface area contributed by atoms with E-state index in [1.807, 2.05) is 22.9 Å². The van der Waals surface area contributed by atoms with E-state index in [1.165, 1.54) is 0 Å². The zero-order valence-corrected chi connectivity index (χ0v) is 11.2. The zero-order chi connectivity index (χ0) is 13.2. The van der Waals surface area contributed by atoms with Crippen molar-refractivity contribution in [3.63, 3.8) is 0 Å². The molecule has 0 N–H and O–H groups in total. The van der Waals surface area contributed by atoms with Crippen LogP contribution in [0.4, 0.5) is 0 Å². The highest BCUT2D eigenvalue weighted by Gasteiger charge is 2.08. The number of thiophene rings is 1. The van der Waals surface area contributed by atoms with E-state index >= 15 is 0 Å². The number of benzene rings is 1. The molecule has 0 amide bonds. The molecule has 19 heavy (non-hydrogen) atoms. The summed E-state index contributed by atoms with van der Waals surface area (Å²) in [4.78, 5) is 16.1. The highest BCUT2D eigenvalue weighted by Crippen LogP contribution is 2.22. The van der Waals surface area contributed by atoms with Crippen molar-refractivity contribution in [2.75, 3.05) is 0 Å². The predicted octanol–water partition coefficient (Wildman–Crippen LogP) is 3.99. The SMILES string of the molecule is O=c1oc(/C(Cl)=C/c2ccsc2)nc2ccccc12. The average molecular weight is 290 g/mol. The van der Waals surface area contributed by atoms with E-state index in [0.29, 0.717) is 15.9 Å². The van der Waals surface area contributed by atoms with Gasteiger partial charge in [-0.05, 0) is 40.6 Å². The molecule has 0 aliphatic carbocycles. The Morgan fingerprint density at radius 2 is 2.16 bits per heavy atom. The first-order valence-electron chi connectivity index (χ1n) is 5.54. The van der Waals surface area contributed by atoms with Crippen LogP contribution in [0.25, 0.3) is 22.0 Å². The molecule has 3 nitrogen and oxygen atoms in total. The Balaban J connectivity index is 2.13. The van der Waals surface area contributed by atoms with Crippen molar-refractivity contribution < 1.29 is 4.42 Å². The van der Waals surface area contributed by atoms with Crippen LogP contribution >= 0.6 is 22.9 Å². The molecule has 0 unspecified atom stereocenters. The third-order valence-electron chi connectivity index (χ3n) is 2.58. The van der Waals surface area contributed by atoms with Crippen LogP contribution in [-0.2, 0) is 0 Å². The number of hydrogen-bond acceptors (Lipinski definition) is 4. The maximum Gasteiger partial charge on any atom is 0.347 e. The first-order chi connectivity index (χ1) is 9.24. The summed E-state index contributed by atoms with van der Waals surface area (Å²) >= 11 is 7.71. The molecule has 0 atom stereocenters. The van der Waals surface area contributed by atoms with Crippen molar-refractivity contribution in [2.45, 2.75) is 0 Å². The summed E-state index contributed by atoms with van der Waals surface area (Å²) in [5, 5.41) is 4.65. The molecule has 0 aliphatic heterocycles. The standard InChI is InChI=1S/C14H8ClNO2S/c15-11(7-9-5-6-19-8-9)13-16-12-4-2-1-3-10(12)14(17)18-13/h1-8H/b11-7-. The molecule has 0 fully saturated rings. The van der Waals surface area contributed by atoms with E-state index in [-0.39, 0.29) is 5.89 Å². The van der Waals surface area contributed by atoms with E-state index in [1.54, 1.807) is 35.6 Å². The summed E-state index contributed by atoms with van der Waals surface area (Å²) in [6, 6.07) is 8.93. The summed E-state index contributed by atoms with van der Waals surface area (Å²) in [7, 11) is 0. The van der Waals surface area contributed by atoms with Crippen molar-refractivity contribution >= 4 is 44.9 Å². The lowest BCUT2D eigenvalue weighted by Crippen LogP contribution is -2.03. The Hall–Kier alpha value is -1.91. The van der Waals surface area contributed by atoms with Gasteiger partial charge in [-0.3, -0.25) is 0 Å². The highest BCUT2D eigenvalue weighted by atomic mass is 35.5. The molecule has 3 aromatic rings. The van der Waals surface area contributed by atoms with Gasteiger partial charge in [0, 0.05) is 0 Å². The fourth-order valence-corrected chi connectivity index (χ4v) is 2.51. The van der Waals surface area contributed by atoms with Gasteiger partial charge in [-0.2, -0.15) is 11.3 Å². The molecule has 0 spiro atoms. The Bertz CT molecular complexity index is 806. The molecule has 2 heterocycles. The molecule has 0 bridgehead atoms. The minimum Gasteiger partial charge on any atom is -0.402 e. The summed E-state index contributed by atoms with van der Waals surface area (Å²) in [6.07, 6.45) is 1.72. The number of hydrogen-bond donors (Lipinski definition) is 0. The van der Waals surface area contributed by atoms with Crippen molar-refractivity contribution in [1.29, 1.82) is 0 Å². The van der Waals surface area contributed by atoms with E-state index < -0.39 is 5.63 Å². The number of aromatic nitrogens is 1. The van der Waals surface area contributed by atoms with Crippen LogP contribution in [0.15, 0.2) is 50.3 Å². The van der Waals surface area contributed by atoms with Crippen LogP contribution in [0.3, 0.4) is 0 Å². The number of nitrogens with zero attached hydrogens (tertiary/aromatic N) is 1. The molecule has 0 saturated carbocycles. The van der Waals surface area contributed by atoms with Crippen LogP contribution in [0.2, 0.25) is 0 Å². The van der Waals surface area contributed by atoms with Gasteiger partial charge in [0.25, 0.3) is 0 Å². The van der Waals surface area contributed by atoms with Gasteiger partial charge < -0.3 is 4.42 Å². The number of halogens is 1. The molecular formula is C14H8ClNO2S. The number of fused-ring (bicyclic) bond motifs is 1. The third kappa shape index (κ3) is 2.45. The largest absolute Gasteiger partial charge is 0.402 e. The molecule has 0 radical (unpaired) electrons. The minimum absolute atomic E-state index is 0.136. The van der Waals surface area contributed by atoms with Crippen molar-refractivity contribution in [3.8, 4) is 0 Å². The number of para-hydroxylation sites is 1. The first-order valence-corrected chi connectivity index (χ1v) is 6.86. The monoisotopic (exact) mass is 289 g/mol. The topological polar surface area (TPSA) is 43.1 Å². The van der Waals surface area contributed by atoms with Gasteiger partial charge in [-0.25, -0.2) is 9.78 Å². The smallest absolute Gasteiger partial charge is 0.347 e. The lowest BCUT2D eigenvalue weighted by Gasteiger charge is -1.99. The van der Waals surface area contributed by atoms with E-state index in [9.17, 15) is 4.79 Å². The van der Waals surface area contributed by atoms with Gasteiger partial charge in [0.15, 0.2) is 0 Å². The van der Waals surface area contributed by atoms with Gasteiger partial charge >= 0.3 is 5.63 Å².